The summed E-state index contributed by atoms with van der Waals surface area (Å²) in [6, 6.07) is 10.4. The first-order chi connectivity index (χ1) is 16.9. The van der Waals surface area contributed by atoms with E-state index in [0.717, 1.165) is 63.4 Å². The maximum atomic E-state index is 12.7. The normalized spacial score (nSPS) is 16.7. The molecule has 1 aliphatic rings. The van der Waals surface area contributed by atoms with Crippen LogP contribution in [0.15, 0.2) is 66.3 Å². The second kappa shape index (κ2) is 15.5. The van der Waals surface area contributed by atoms with E-state index in [1.807, 2.05) is 6.07 Å². The molecule has 0 radical (unpaired) electrons. The van der Waals surface area contributed by atoms with E-state index < -0.39 is 11.9 Å². The van der Waals surface area contributed by atoms with E-state index in [1.54, 1.807) is 0 Å². The molecule has 3 heteroatoms. The summed E-state index contributed by atoms with van der Waals surface area (Å²) in [4.78, 5) is 25.2. The number of rotatable bonds is 17. The molecule has 0 fully saturated rings. The number of ketones is 1. The van der Waals surface area contributed by atoms with Crippen molar-refractivity contribution >= 4 is 11.8 Å². The van der Waals surface area contributed by atoms with E-state index in [0.29, 0.717) is 18.3 Å². The predicted molar refractivity (Wildman–Crippen MR) is 146 cm³/mol. The molecule has 0 aromatic heterocycles. The Kier molecular flexibility index (Phi) is 12.8. The van der Waals surface area contributed by atoms with E-state index in [2.05, 4.69) is 69.8 Å². The van der Waals surface area contributed by atoms with Crippen LogP contribution in [0.5, 0.6) is 0 Å². The highest BCUT2D eigenvalue weighted by Gasteiger charge is 2.33. The lowest BCUT2D eigenvalue weighted by Gasteiger charge is -2.30. The largest absolute Gasteiger partial charge is 0.481 e. The molecule has 1 aromatic carbocycles. The topological polar surface area (TPSA) is 54.4 Å². The summed E-state index contributed by atoms with van der Waals surface area (Å²) in [5.74, 6) is -0.961. The van der Waals surface area contributed by atoms with Gasteiger partial charge in [0.1, 0.15) is 5.78 Å². The highest BCUT2D eigenvalue weighted by molar-refractivity contribution is 5.84. The number of allylic oxidation sites excluding steroid dienone is 5. The fourth-order valence-corrected chi connectivity index (χ4v) is 5.36. The van der Waals surface area contributed by atoms with Crippen molar-refractivity contribution in [3.05, 3.63) is 71.8 Å². The fraction of sp³-hybridized carbons (Fsp3) is 0.562. The van der Waals surface area contributed by atoms with Crippen LogP contribution in [0.25, 0.3) is 0 Å². The van der Waals surface area contributed by atoms with Gasteiger partial charge in [-0.3, -0.25) is 9.59 Å². The molecule has 4 unspecified atom stereocenters. The van der Waals surface area contributed by atoms with Crippen LogP contribution in [-0.4, -0.2) is 16.9 Å². The molecule has 0 saturated carbocycles. The predicted octanol–water partition coefficient (Wildman–Crippen LogP) is 8.68. The number of hydrogen-bond acceptors (Lipinski definition) is 2. The molecule has 0 spiro atoms. The molecular weight excluding hydrogens is 432 g/mol. The lowest BCUT2D eigenvalue weighted by Crippen LogP contribution is -2.29. The molecular formula is C32H46O3. The SMILES string of the molecule is C=C(CC(CC)C1=CC=CCC1)C(CCC(C)c1ccccc1)C(CC(=O)CCCCC)C(=O)O. The fourth-order valence-electron chi connectivity index (χ4n) is 5.36. The van der Waals surface area contributed by atoms with Crippen LogP contribution in [0, 0.1) is 17.8 Å². The molecule has 0 bridgehead atoms. The van der Waals surface area contributed by atoms with Crippen molar-refractivity contribution in [3.8, 4) is 0 Å². The molecule has 0 saturated heterocycles. The molecule has 1 N–H and O–H groups in total. The third-order valence-electron chi connectivity index (χ3n) is 7.69. The van der Waals surface area contributed by atoms with Gasteiger partial charge in [0.25, 0.3) is 0 Å². The second-order valence-electron chi connectivity index (χ2n) is 10.3. The Morgan fingerprint density at radius 1 is 1.03 bits per heavy atom. The van der Waals surface area contributed by atoms with Crippen molar-refractivity contribution < 1.29 is 14.7 Å². The van der Waals surface area contributed by atoms with Gasteiger partial charge in [-0.1, -0.05) is 99.9 Å². The maximum absolute atomic E-state index is 12.7. The average molecular weight is 479 g/mol. The van der Waals surface area contributed by atoms with Gasteiger partial charge < -0.3 is 5.11 Å². The number of benzene rings is 1. The zero-order valence-corrected chi connectivity index (χ0v) is 22.2. The first-order valence-corrected chi connectivity index (χ1v) is 13.7. The van der Waals surface area contributed by atoms with Gasteiger partial charge in [-0.05, 0) is 68.3 Å². The summed E-state index contributed by atoms with van der Waals surface area (Å²) < 4.78 is 0. The summed E-state index contributed by atoms with van der Waals surface area (Å²) >= 11 is 0. The van der Waals surface area contributed by atoms with Gasteiger partial charge in [0, 0.05) is 12.8 Å². The van der Waals surface area contributed by atoms with Crippen LogP contribution in [0.1, 0.15) is 103 Å². The van der Waals surface area contributed by atoms with E-state index in [9.17, 15) is 14.7 Å². The molecule has 0 heterocycles. The van der Waals surface area contributed by atoms with Crippen molar-refractivity contribution in [2.24, 2.45) is 17.8 Å². The molecule has 1 aliphatic carbocycles. The van der Waals surface area contributed by atoms with E-state index in [4.69, 9.17) is 0 Å². The van der Waals surface area contributed by atoms with Crippen LogP contribution >= 0.6 is 0 Å². The Bertz CT molecular complexity index is 864. The third kappa shape index (κ3) is 9.63. The number of aliphatic carboxylic acids is 1. The zero-order chi connectivity index (χ0) is 25.6. The number of Topliss-reactive ketones (excluding diaryl/α,β-unsaturated/α-hetero) is 1. The van der Waals surface area contributed by atoms with Gasteiger partial charge in [-0.15, -0.1) is 0 Å². The molecule has 35 heavy (non-hydrogen) atoms. The Labute approximate surface area is 213 Å². The minimum Gasteiger partial charge on any atom is -0.481 e. The van der Waals surface area contributed by atoms with Crippen LogP contribution in [0.2, 0.25) is 0 Å². The smallest absolute Gasteiger partial charge is 0.307 e. The van der Waals surface area contributed by atoms with Gasteiger partial charge in [-0.25, -0.2) is 0 Å². The number of carbonyl (C=O) groups excluding carboxylic acids is 1. The third-order valence-corrected chi connectivity index (χ3v) is 7.69. The molecule has 4 atom stereocenters. The van der Waals surface area contributed by atoms with Crippen molar-refractivity contribution in [1.82, 2.24) is 0 Å². The van der Waals surface area contributed by atoms with Crippen LogP contribution in [-0.2, 0) is 9.59 Å². The number of hydrogen-bond donors (Lipinski definition) is 1. The average Bonchev–Trinajstić information content (AvgIpc) is 2.87. The Morgan fingerprint density at radius 3 is 2.37 bits per heavy atom. The molecule has 192 valence electrons. The van der Waals surface area contributed by atoms with Crippen molar-refractivity contribution in [2.45, 2.75) is 97.3 Å². The molecule has 1 aromatic rings. The van der Waals surface area contributed by atoms with Crippen molar-refractivity contribution in [1.29, 1.82) is 0 Å². The minimum atomic E-state index is -0.861. The summed E-state index contributed by atoms with van der Waals surface area (Å²) in [6.07, 6.45) is 15.6. The molecule has 2 rings (SSSR count). The van der Waals surface area contributed by atoms with Gasteiger partial charge in [0.15, 0.2) is 0 Å². The standard InChI is InChI=1S/C32H46O3/c1-5-7-10-19-29(33)23-31(32(34)35)30(21-20-24(3)27-15-11-8-12-16-27)25(4)22-26(6-2)28-17-13-9-14-18-28/h8-9,11-13,15-17,24,26,30-31H,4-7,10,14,18-23H2,1-3H3,(H,34,35). The lowest BCUT2D eigenvalue weighted by atomic mass is 9.74. The van der Waals surface area contributed by atoms with E-state index in [1.165, 1.54) is 11.1 Å². The second-order valence-corrected chi connectivity index (χ2v) is 10.3. The number of carboxylic acid groups (broad SMARTS) is 1. The quantitative estimate of drug-likeness (QED) is 0.180. The van der Waals surface area contributed by atoms with Crippen LogP contribution in [0.3, 0.4) is 0 Å². The monoisotopic (exact) mass is 478 g/mol. The summed E-state index contributed by atoms with van der Waals surface area (Å²) in [7, 11) is 0. The Balaban J connectivity index is 2.20. The van der Waals surface area contributed by atoms with E-state index >= 15 is 0 Å². The summed E-state index contributed by atoms with van der Waals surface area (Å²) in [6.45, 7) is 11.0. The van der Waals surface area contributed by atoms with Crippen molar-refractivity contribution in [3.63, 3.8) is 0 Å². The van der Waals surface area contributed by atoms with Gasteiger partial charge in [-0.2, -0.15) is 0 Å². The molecule has 0 amide bonds. The summed E-state index contributed by atoms with van der Waals surface area (Å²) in [5, 5.41) is 10.2. The zero-order valence-electron chi connectivity index (χ0n) is 22.2. The number of unbranched alkanes of at least 4 members (excludes halogenated alkanes) is 2. The Morgan fingerprint density at radius 2 is 1.77 bits per heavy atom. The Hall–Kier alpha value is -2.42. The number of carboxylic acids is 1. The highest BCUT2D eigenvalue weighted by atomic mass is 16.4. The first-order valence-electron chi connectivity index (χ1n) is 13.7. The molecule has 3 nitrogen and oxygen atoms in total. The summed E-state index contributed by atoms with van der Waals surface area (Å²) in [5.41, 5.74) is 3.71. The van der Waals surface area contributed by atoms with Gasteiger partial charge >= 0.3 is 5.97 Å². The van der Waals surface area contributed by atoms with Gasteiger partial charge in [0.05, 0.1) is 5.92 Å². The first kappa shape index (κ1) is 28.8. The maximum Gasteiger partial charge on any atom is 0.307 e. The minimum absolute atomic E-state index is 0.0759. The number of carbonyl (C=O) groups is 2. The van der Waals surface area contributed by atoms with E-state index in [-0.39, 0.29) is 18.1 Å². The van der Waals surface area contributed by atoms with Crippen LogP contribution in [0.4, 0.5) is 0 Å². The van der Waals surface area contributed by atoms with Gasteiger partial charge in [0.2, 0.25) is 0 Å². The van der Waals surface area contributed by atoms with Crippen molar-refractivity contribution in [2.75, 3.05) is 0 Å². The molecule has 0 aliphatic heterocycles. The van der Waals surface area contributed by atoms with Crippen LogP contribution < -0.4 is 0 Å². The highest BCUT2D eigenvalue weighted by Crippen LogP contribution is 2.38. The lowest BCUT2D eigenvalue weighted by molar-refractivity contribution is -0.145.